The van der Waals surface area contributed by atoms with Gasteiger partial charge in [-0.25, -0.2) is 0 Å². The van der Waals surface area contributed by atoms with Gasteiger partial charge in [-0.1, -0.05) is 381 Å². The SMILES string of the molecule is C1=Cc2cccc3cc4c(c(c23)C1)Sc1ccccc1N4c1ccc(-c2cccc3ccccc23)cc1.C1=Cc2cccc3cc4c(c(c23)C1)Sc1ccccc1N4c1ccc(-c2ccccc2)cc1.C1=Cc2cccc3cc4c(c(c23)C1)Sc1ccccc1N4c1ccc2ccccc2c1.C1=Cc2cccc3cc4c(c(c23)C1)Sc1ccccc1N4c1cccc2ccccc12. The van der Waals surface area contributed by atoms with Crippen LogP contribution in [0.15, 0.2) is 464 Å². The van der Waals surface area contributed by atoms with Crippen LogP contribution in [0.2, 0.25) is 0 Å². The molecule has 0 saturated heterocycles. The Morgan fingerprint density at radius 1 is 0.182 bits per heavy atom. The fourth-order valence-corrected chi connectivity index (χ4v) is 26.0. The second-order valence-corrected chi connectivity index (χ2v) is 38.9. The first-order valence-corrected chi connectivity index (χ1v) is 48.7. The maximum absolute atomic E-state index is 2.48. The molecule has 0 aromatic heterocycles. The van der Waals surface area contributed by atoms with Crippen LogP contribution in [0.1, 0.15) is 44.5 Å². The molecule has 0 spiro atoms. The molecule has 622 valence electrons. The van der Waals surface area contributed by atoms with Crippen molar-refractivity contribution < 1.29 is 0 Å². The van der Waals surface area contributed by atoms with Gasteiger partial charge in [-0.05, 0) is 278 Å². The van der Waals surface area contributed by atoms with Crippen LogP contribution >= 0.6 is 47.0 Å². The molecule has 21 aromatic carbocycles. The van der Waals surface area contributed by atoms with Crippen LogP contribution in [0.25, 0.3) is 122 Å². The van der Waals surface area contributed by atoms with E-state index in [2.05, 4.69) is 469 Å². The van der Waals surface area contributed by atoms with Gasteiger partial charge in [0.1, 0.15) is 0 Å². The predicted octanol–water partition coefficient (Wildman–Crippen LogP) is 36.2. The number of para-hydroxylation sites is 4. The van der Waals surface area contributed by atoms with Crippen molar-refractivity contribution in [1.29, 1.82) is 0 Å². The lowest BCUT2D eigenvalue weighted by Gasteiger charge is -2.35. The first-order valence-electron chi connectivity index (χ1n) is 45.5. The molecule has 4 aliphatic heterocycles. The number of anilines is 12. The molecule has 4 nitrogen and oxygen atoms in total. The third kappa shape index (κ3) is 13.3. The highest BCUT2D eigenvalue weighted by Crippen LogP contribution is 2.61. The number of rotatable bonds is 6. The topological polar surface area (TPSA) is 13.0 Å². The molecule has 0 amide bonds. The summed E-state index contributed by atoms with van der Waals surface area (Å²) in [6, 6.07) is 146. The molecule has 0 fully saturated rings. The summed E-state index contributed by atoms with van der Waals surface area (Å²) in [4.78, 5) is 20.6. The van der Waals surface area contributed by atoms with Crippen LogP contribution in [0.3, 0.4) is 0 Å². The van der Waals surface area contributed by atoms with Crippen LogP contribution in [0.5, 0.6) is 0 Å². The maximum atomic E-state index is 2.48. The fourth-order valence-electron chi connectivity index (χ4n) is 21.2. The average molecular weight is 1760 g/mol. The minimum atomic E-state index is 0.972. The summed E-state index contributed by atoms with van der Waals surface area (Å²) >= 11 is 7.67. The van der Waals surface area contributed by atoms with Gasteiger partial charge in [0.2, 0.25) is 0 Å². The zero-order valence-electron chi connectivity index (χ0n) is 72.0. The van der Waals surface area contributed by atoms with E-state index in [0.717, 1.165) is 25.7 Å². The number of benzene rings is 21. The first kappa shape index (κ1) is 78.1. The fraction of sp³-hybridized carbons (Fsp3) is 0.0323. The molecule has 8 aliphatic rings. The van der Waals surface area contributed by atoms with Crippen LogP contribution in [0.4, 0.5) is 68.2 Å². The van der Waals surface area contributed by atoms with Crippen molar-refractivity contribution in [2.75, 3.05) is 19.6 Å². The molecule has 132 heavy (non-hydrogen) atoms. The molecule has 0 radical (unpaired) electrons. The highest BCUT2D eigenvalue weighted by atomic mass is 32.2. The Morgan fingerprint density at radius 2 is 0.485 bits per heavy atom. The Hall–Kier alpha value is -15.0. The third-order valence-corrected chi connectivity index (χ3v) is 32.0. The van der Waals surface area contributed by atoms with Crippen molar-refractivity contribution in [3.05, 3.63) is 469 Å². The van der Waals surface area contributed by atoms with Gasteiger partial charge in [-0.2, -0.15) is 0 Å². The smallest absolute Gasteiger partial charge is 0.0611 e. The number of nitrogens with zero attached hydrogens (tertiary/aromatic N) is 4. The monoisotopic (exact) mass is 1750 g/mol. The van der Waals surface area contributed by atoms with E-state index in [1.165, 1.54) is 250 Å². The number of allylic oxidation sites excluding steroid dienone is 4. The van der Waals surface area contributed by atoms with E-state index in [-0.39, 0.29) is 0 Å². The highest BCUT2D eigenvalue weighted by Gasteiger charge is 2.35. The molecule has 4 aliphatic carbocycles. The molecule has 29 rings (SSSR count). The Balaban J connectivity index is 0.0000000924. The van der Waals surface area contributed by atoms with Crippen molar-refractivity contribution in [2.45, 2.75) is 64.8 Å². The van der Waals surface area contributed by atoms with E-state index in [1.807, 2.05) is 47.0 Å². The molecule has 0 atom stereocenters. The second kappa shape index (κ2) is 32.6. The first-order chi connectivity index (χ1) is 65.5. The molecule has 0 unspecified atom stereocenters. The average Bonchev–Trinajstić information content (AvgIpc) is 0.739. The molecule has 8 heteroatoms. The van der Waals surface area contributed by atoms with Crippen molar-refractivity contribution in [2.24, 2.45) is 0 Å². The van der Waals surface area contributed by atoms with Gasteiger partial charge < -0.3 is 19.6 Å². The minimum absolute atomic E-state index is 0.972. The summed E-state index contributed by atoms with van der Waals surface area (Å²) in [5.41, 5.74) is 31.1. The third-order valence-electron chi connectivity index (χ3n) is 27.1. The summed E-state index contributed by atoms with van der Waals surface area (Å²) < 4.78 is 0. The van der Waals surface area contributed by atoms with Crippen molar-refractivity contribution in [1.82, 2.24) is 0 Å². The van der Waals surface area contributed by atoms with E-state index in [1.54, 1.807) is 0 Å². The van der Waals surface area contributed by atoms with Crippen LogP contribution in [-0.2, 0) is 25.7 Å². The zero-order valence-corrected chi connectivity index (χ0v) is 75.2. The van der Waals surface area contributed by atoms with E-state index in [4.69, 9.17) is 0 Å². The Kier molecular flexibility index (Phi) is 19.3. The van der Waals surface area contributed by atoms with Crippen LogP contribution in [0, 0.1) is 0 Å². The van der Waals surface area contributed by atoms with Crippen molar-refractivity contribution in [3.63, 3.8) is 0 Å². The summed E-state index contributed by atoms with van der Waals surface area (Å²) in [6.45, 7) is 0. The number of hydrogen-bond acceptors (Lipinski definition) is 8. The van der Waals surface area contributed by atoms with Gasteiger partial charge in [0.25, 0.3) is 0 Å². The molecule has 0 N–H and O–H groups in total. The number of fused-ring (bicyclic) bond motifs is 15. The Bertz CT molecular complexity index is 8480. The molecular weight excluding hydrogens is 1670 g/mol. The van der Waals surface area contributed by atoms with Crippen molar-refractivity contribution >= 4 is 215 Å². The highest BCUT2D eigenvalue weighted by molar-refractivity contribution is 8.00. The quantitative estimate of drug-likeness (QED) is 0.161. The summed E-state index contributed by atoms with van der Waals surface area (Å²) in [5.74, 6) is 0. The standard InChI is InChI=1S/C35H23NS.C31H21NS.2C29H19NS/c1-2-13-28-23(8-1)9-6-14-29(28)24-18-20-27(21-19-24)36-31-16-3-4-17-33(31)37-35-30-15-7-11-25-10-5-12-26(34(25)30)22-32(35)36;1-2-8-21(9-3-1)22-16-18-25(19-17-22)32-27-14-4-5-15-29(27)33-31-26-13-7-11-23-10-6-12-24(30(23)26)20-28(31)32;1-2-13-22-19(8-1)9-7-16-24(22)30-25-15-3-4-17-27(25)31-29-23-14-6-11-20-10-5-12-21(28(20)23)18-26(29)30;1-2-8-21-17-23(16-15-19(21)7-1)30-25-13-3-4-14-27(25)31-29-24-12-6-10-20-9-5-11-22(28(20)24)18-26(29)30/h1-14,16-22H,15H2;1-12,14-20H,13H2;1-13,15-18H,14H2;1-11,13-18H,12H2. The van der Waals surface area contributed by atoms with Gasteiger partial charge >= 0.3 is 0 Å². The van der Waals surface area contributed by atoms with Gasteiger partial charge in [-0.15, -0.1) is 0 Å². The van der Waals surface area contributed by atoms with Gasteiger partial charge in [0.15, 0.2) is 0 Å². The van der Waals surface area contributed by atoms with E-state index in [9.17, 15) is 0 Å². The summed E-state index contributed by atoms with van der Waals surface area (Å²) in [7, 11) is 0. The molecule has 21 aromatic rings. The Labute approximate surface area is 784 Å². The minimum Gasteiger partial charge on any atom is -0.308 e. The normalized spacial score (nSPS) is 13.8. The van der Waals surface area contributed by atoms with E-state index in [0.29, 0.717) is 0 Å². The molecule has 0 saturated carbocycles. The molecular formula is C124H82N4S4. The van der Waals surface area contributed by atoms with Crippen LogP contribution < -0.4 is 19.6 Å². The lowest BCUT2D eigenvalue weighted by Crippen LogP contribution is -2.16. The number of hydrogen-bond donors (Lipinski definition) is 0. The lowest BCUT2D eigenvalue weighted by atomic mass is 9.91. The summed E-state index contributed by atoms with van der Waals surface area (Å²) in [6.07, 6.45) is 22.2. The van der Waals surface area contributed by atoms with Crippen LogP contribution in [-0.4, -0.2) is 0 Å². The Morgan fingerprint density at radius 3 is 0.932 bits per heavy atom. The lowest BCUT2D eigenvalue weighted by molar-refractivity contribution is 1.12. The van der Waals surface area contributed by atoms with Gasteiger partial charge in [-0.3, -0.25) is 0 Å². The van der Waals surface area contributed by atoms with Gasteiger partial charge in [0.05, 0.1) is 51.2 Å². The van der Waals surface area contributed by atoms with E-state index < -0.39 is 0 Å². The molecule has 4 heterocycles. The summed E-state index contributed by atoms with van der Waals surface area (Å²) in [5, 5.41) is 18.6. The van der Waals surface area contributed by atoms with E-state index >= 15 is 0 Å². The second-order valence-electron chi connectivity index (χ2n) is 34.7. The van der Waals surface area contributed by atoms with Crippen molar-refractivity contribution in [3.8, 4) is 22.3 Å². The molecule has 0 bridgehead atoms. The zero-order chi connectivity index (χ0) is 86.9. The largest absolute Gasteiger partial charge is 0.308 e. The maximum Gasteiger partial charge on any atom is 0.0611 e. The van der Waals surface area contributed by atoms with Gasteiger partial charge in [0, 0.05) is 61.6 Å². The predicted molar refractivity (Wildman–Crippen MR) is 565 cm³/mol.